The molecule has 0 radical (unpaired) electrons. The Morgan fingerprint density at radius 2 is 1.50 bits per heavy atom. The highest BCUT2D eigenvalue weighted by molar-refractivity contribution is 6.38. The fraction of sp³-hybridized carbons (Fsp3) is 0.556. The van der Waals surface area contributed by atoms with Gasteiger partial charge in [0, 0.05) is 38.5 Å². The van der Waals surface area contributed by atoms with Gasteiger partial charge in [-0.05, 0) is 67.6 Å². The predicted octanol–water partition coefficient (Wildman–Crippen LogP) is 4.20. The molecule has 7 nitrogen and oxygen atoms in total. The van der Waals surface area contributed by atoms with Gasteiger partial charge in [0.15, 0.2) is 0 Å². The smallest absolute Gasteiger partial charge is 0.0915 e. The van der Waals surface area contributed by atoms with Gasteiger partial charge in [0.1, 0.15) is 0 Å². The van der Waals surface area contributed by atoms with Crippen LogP contribution in [0.15, 0.2) is 36.4 Å². The summed E-state index contributed by atoms with van der Waals surface area (Å²) in [5.41, 5.74) is 9.00. The number of hydrogen-bond donors (Lipinski definition) is 5. The lowest BCUT2D eigenvalue weighted by atomic mass is 10.1. The van der Waals surface area contributed by atoms with Gasteiger partial charge >= 0.3 is 0 Å². The Bertz CT molecular complexity index is 842. The largest absolute Gasteiger partial charge is 0.396 e. The van der Waals surface area contributed by atoms with E-state index in [2.05, 4.69) is 17.4 Å². The van der Waals surface area contributed by atoms with E-state index in [-0.39, 0.29) is 13.2 Å². The molecule has 2 aromatic rings. The van der Waals surface area contributed by atoms with E-state index in [1.54, 1.807) is 12.1 Å². The normalized spacial score (nSPS) is 12.1. The molecule has 0 aliphatic heterocycles. The predicted molar refractivity (Wildman–Crippen MR) is 149 cm³/mol. The van der Waals surface area contributed by atoms with Crippen LogP contribution in [-0.4, -0.2) is 67.9 Å². The van der Waals surface area contributed by atoms with Gasteiger partial charge in [-0.3, -0.25) is 0 Å². The zero-order chi connectivity index (χ0) is 26.2. The molecule has 2 rings (SSSR count). The van der Waals surface area contributed by atoms with Crippen LogP contribution in [0, 0.1) is 0 Å². The zero-order valence-electron chi connectivity index (χ0n) is 21.0. The number of nitrogens with one attached hydrogen (secondary N) is 1. The van der Waals surface area contributed by atoms with E-state index in [1.807, 2.05) is 17.0 Å². The number of nitrogens with two attached hydrogens (primary N) is 1. The molecule has 36 heavy (non-hydrogen) atoms. The molecule has 0 aliphatic carbocycles. The lowest BCUT2D eigenvalue weighted by Gasteiger charge is -2.23. The number of nitrogens with zero attached hydrogens (tertiary/aromatic N) is 1. The molecular weight excluding hydrogens is 501 g/mol. The van der Waals surface area contributed by atoms with Gasteiger partial charge in [-0.1, -0.05) is 48.2 Å². The average Bonchev–Trinajstić information content (AvgIpc) is 2.87. The van der Waals surface area contributed by atoms with Gasteiger partial charge in [-0.2, -0.15) is 0 Å². The van der Waals surface area contributed by atoms with Crippen molar-refractivity contribution in [3.05, 3.63) is 57.6 Å². The van der Waals surface area contributed by atoms with Crippen molar-refractivity contribution in [2.24, 2.45) is 0 Å². The Morgan fingerprint density at radius 3 is 2.14 bits per heavy atom. The van der Waals surface area contributed by atoms with Crippen LogP contribution >= 0.6 is 23.2 Å². The molecule has 0 heterocycles. The molecule has 0 amide bonds. The topological polar surface area (TPSA) is 111 Å². The monoisotopic (exact) mass is 541 g/mol. The molecule has 1 unspecified atom stereocenters. The minimum Gasteiger partial charge on any atom is -0.396 e. The van der Waals surface area contributed by atoms with Crippen molar-refractivity contribution in [2.75, 3.05) is 63.2 Å². The van der Waals surface area contributed by atoms with E-state index in [0.717, 1.165) is 64.0 Å². The second-order valence-electron chi connectivity index (χ2n) is 8.85. The first kappa shape index (κ1) is 30.6. The molecule has 0 bridgehead atoms. The van der Waals surface area contributed by atoms with Gasteiger partial charge in [0.05, 0.1) is 35.1 Å². The van der Waals surface area contributed by atoms with Crippen LogP contribution in [0.3, 0.4) is 0 Å². The standard InChI is InChI=1S/C27H41Cl2N3O4/c28-24-18-22(19-25(29)27(24)30)26(35)20-31-11-3-1-2-4-16-36-17-5-6-21-7-9-23(10-8-21)32(12-14-33)13-15-34/h7-10,18-19,26,31,33-35H,1-6,11-17,20,30H2. The molecule has 0 spiro atoms. The van der Waals surface area contributed by atoms with Crippen molar-refractivity contribution < 1.29 is 20.1 Å². The Labute approximate surface area is 225 Å². The molecule has 0 fully saturated rings. The molecule has 2 aromatic carbocycles. The number of halogens is 2. The van der Waals surface area contributed by atoms with Crippen LogP contribution in [-0.2, 0) is 11.2 Å². The summed E-state index contributed by atoms with van der Waals surface area (Å²) in [6.07, 6.45) is 5.58. The zero-order valence-corrected chi connectivity index (χ0v) is 22.5. The number of ether oxygens (including phenoxy) is 1. The van der Waals surface area contributed by atoms with Crippen LogP contribution < -0.4 is 16.0 Å². The summed E-state index contributed by atoms with van der Waals surface area (Å²) in [4.78, 5) is 1.97. The van der Waals surface area contributed by atoms with Crippen molar-refractivity contribution in [1.82, 2.24) is 5.32 Å². The maximum Gasteiger partial charge on any atom is 0.0915 e. The van der Waals surface area contributed by atoms with Gasteiger partial charge in [-0.25, -0.2) is 0 Å². The maximum absolute atomic E-state index is 10.3. The molecule has 6 N–H and O–H groups in total. The summed E-state index contributed by atoms with van der Waals surface area (Å²) in [6.45, 7) is 3.97. The second kappa shape index (κ2) is 17.8. The van der Waals surface area contributed by atoms with Crippen LogP contribution in [0.5, 0.6) is 0 Å². The van der Waals surface area contributed by atoms with Crippen molar-refractivity contribution in [2.45, 2.75) is 44.6 Å². The fourth-order valence-electron chi connectivity index (χ4n) is 3.93. The second-order valence-corrected chi connectivity index (χ2v) is 9.66. The number of hydrogen-bond acceptors (Lipinski definition) is 7. The van der Waals surface area contributed by atoms with Gasteiger partial charge in [-0.15, -0.1) is 0 Å². The Morgan fingerprint density at radius 1 is 0.889 bits per heavy atom. The first-order valence-electron chi connectivity index (χ1n) is 12.7. The highest BCUT2D eigenvalue weighted by Crippen LogP contribution is 2.31. The van der Waals surface area contributed by atoms with Gasteiger partial charge in [0.25, 0.3) is 0 Å². The number of rotatable bonds is 19. The summed E-state index contributed by atoms with van der Waals surface area (Å²) < 4.78 is 5.77. The molecule has 1 atom stereocenters. The number of anilines is 2. The molecule has 0 saturated heterocycles. The lowest BCUT2D eigenvalue weighted by molar-refractivity contribution is 0.127. The third-order valence-electron chi connectivity index (χ3n) is 6.01. The van der Waals surface area contributed by atoms with Crippen LogP contribution in [0.25, 0.3) is 0 Å². The van der Waals surface area contributed by atoms with Crippen molar-refractivity contribution in [3.8, 4) is 0 Å². The minimum atomic E-state index is -0.681. The summed E-state index contributed by atoms with van der Waals surface area (Å²) in [5, 5.41) is 32.6. The number of aryl methyl sites for hydroxylation is 1. The SMILES string of the molecule is Nc1c(Cl)cc(C(O)CNCCCCCCOCCCc2ccc(N(CCO)CCO)cc2)cc1Cl. The van der Waals surface area contributed by atoms with Crippen LogP contribution in [0.4, 0.5) is 11.4 Å². The Balaban J connectivity index is 1.46. The third kappa shape index (κ3) is 11.2. The van der Waals surface area contributed by atoms with Crippen molar-refractivity contribution in [3.63, 3.8) is 0 Å². The van der Waals surface area contributed by atoms with E-state index >= 15 is 0 Å². The molecule has 202 valence electrons. The van der Waals surface area contributed by atoms with Crippen molar-refractivity contribution >= 4 is 34.6 Å². The quantitative estimate of drug-likeness (QED) is 0.134. The van der Waals surface area contributed by atoms with E-state index < -0.39 is 6.10 Å². The summed E-state index contributed by atoms with van der Waals surface area (Å²) in [7, 11) is 0. The maximum atomic E-state index is 10.3. The van der Waals surface area contributed by atoms with E-state index in [4.69, 9.17) is 43.9 Å². The molecule has 0 aliphatic rings. The number of unbranched alkanes of at least 4 members (excludes halogenated alkanes) is 3. The summed E-state index contributed by atoms with van der Waals surface area (Å²) in [6, 6.07) is 11.6. The van der Waals surface area contributed by atoms with Gasteiger partial charge < -0.3 is 36.0 Å². The highest BCUT2D eigenvalue weighted by Gasteiger charge is 2.12. The molecule has 0 saturated carbocycles. The van der Waals surface area contributed by atoms with E-state index in [0.29, 0.717) is 40.9 Å². The minimum absolute atomic E-state index is 0.0670. The van der Waals surface area contributed by atoms with Gasteiger partial charge in [0.2, 0.25) is 0 Å². The molecule has 0 aromatic heterocycles. The third-order valence-corrected chi connectivity index (χ3v) is 6.64. The molecular formula is C27H41Cl2N3O4. The van der Waals surface area contributed by atoms with Crippen molar-refractivity contribution in [1.29, 1.82) is 0 Å². The lowest BCUT2D eigenvalue weighted by Crippen LogP contribution is -2.29. The van der Waals surface area contributed by atoms with Crippen LogP contribution in [0.2, 0.25) is 10.0 Å². The number of nitrogen functional groups attached to an aromatic ring is 1. The number of aliphatic hydroxyl groups is 3. The Kier molecular flexibility index (Phi) is 15.2. The highest BCUT2D eigenvalue weighted by atomic mass is 35.5. The number of aliphatic hydroxyl groups excluding tert-OH is 3. The molecule has 9 heteroatoms. The van der Waals surface area contributed by atoms with E-state index in [9.17, 15) is 5.11 Å². The Hall–Kier alpha value is -1.58. The number of benzene rings is 2. The average molecular weight is 543 g/mol. The van der Waals surface area contributed by atoms with Crippen LogP contribution in [0.1, 0.15) is 49.3 Å². The first-order valence-corrected chi connectivity index (χ1v) is 13.5. The van der Waals surface area contributed by atoms with E-state index in [1.165, 1.54) is 5.56 Å². The summed E-state index contributed by atoms with van der Waals surface area (Å²) >= 11 is 12.1. The first-order chi connectivity index (χ1) is 17.5. The fourth-order valence-corrected chi connectivity index (χ4v) is 4.43. The summed E-state index contributed by atoms with van der Waals surface area (Å²) in [5.74, 6) is 0.